The summed E-state index contributed by atoms with van der Waals surface area (Å²) in [5.74, 6) is 0.0994. The fraction of sp³-hybridized carbons (Fsp3) is 0.500. The molecule has 0 aromatic heterocycles. The van der Waals surface area contributed by atoms with Gasteiger partial charge in [0.05, 0.1) is 18.9 Å². The number of amides is 1. The summed E-state index contributed by atoms with van der Waals surface area (Å²) in [7, 11) is 0. The number of hydrogen-bond donors (Lipinski definition) is 1. The van der Waals surface area contributed by atoms with Gasteiger partial charge in [-0.15, -0.1) is 0 Å². The summed E-state index contributed by atoms with van der Waals surface area (Å²) < 4.78 is 11.0. The number of hydrogen-bond acceptors (Lipinski definition) is 4. The molecule has 5 heteroatoms. The molecule has 2 fully saturated rings. The molecule has 19 heavy (non-hydrogen) atoms. The van der Waals surface area contributed by atoms with Crippen LogP contribution in [0.25, 0.3) is 0 Å². The van der Waals surface area contributed by atoms with Crippen LogP contribution >= 0.6 is 0 Å². The third-order valence-electron chi connectivity index (χ3n) is 3.89. The summed E-state index contributed by atoms with van der Waals surface area (Å²) in [5, 5.41) is 9.81. The van der Waals surface area contributed by atoms with Crippen molar-refractivity contribution in [3.8, 4) is 5.75 Å². The third kappa shape index (κ3) is 2.26. The Labute approximate surface area is 111 Å². The predicted molar refractivity (Wildman–Crippen MR) is 69.3 cm³/mol. The maximum absolute atomic E-state index is 12.2. The van der Waals surface area contributed by atoms with Gasteiger partial charge in [0.1, 0.15) is 11.4 Å². The number of carbonyl (C=O) groups excluding carboxylic acids is 1. The Morgan fingerprint density at radius 2 is 1.89 bits per heavy atom. The topological polar surface area (TPSA) is 59.0 Å². The van der Waals surface area contributed by atoms with Crippen molar-refractivity contribution in [2.45, 2.75) is 24.9 Å². The standard InChI is InChI=1S/C14H17NO4/c16-12-4-2-1-3-11(12)15-8-5-14(19-13(15)17)6-9-18-10-7-14/h1-4,16H,5-10H2. The smallest absolute Gasteiger partial charge is 0.414 e. The normalized spacial score (nSPS) is 22.3. The highest BCUT2D eigenvalue weighted by molar-refractivity contribution is 5.90. The molecule has 1 aromatic carbocycles. The largest absolute Gasteiger partial charge is 0.506 e. The van der Waals surface area contributed by atoms with Crippen molar-refractivity contribution in [2.75, 3.05) is 24.7 Å². The van der Waals surface area contributed by atoms with Crippen molar-refractivity contribution in [3.63, 3.8) is 0 Å². The van der Waals surface area contributed by atoms with Crippen LogP contribution in [0.2, 0.25) is 0 Å². The first-order valence-corrected chi connectivity index (χ1v) is 6.56. The number of para-hydroxylation sites is 2. The van der Waals surface area contributed by atoms with Crippen LogP contribution in [0.5, 0.6) is 5.75 Å². The van der Waals surface area contributed by atoms with Gasteiger partial charge in [-0.25, -0.2) is 4.79 Å². The number of phenolic OH excluding ortho intramolecular Hbond substituents is 1. The lowest BCUT2D eigenvalue weighted by Gasteiger charge is -2.43. The van der Waals surface area contributed by atoms with Gasteiger partial charge >= 0.3 is 6.09 Å². The van der Waals surface area contributed by atoms with Gasteiger partial charge in [0.2, 0.25) is 0 Å². The van der Waals surface area contributed by atoms with E-state index in [9.17, 15) is 9.90 Å². The van der Waals surface area contributed by atoms with Gasteiger partial charge in [0.15, 0.2) is 0 Å². The maximum atomic E-state index is 12.2. The van der Waals surface area contributed by atoms with Crippen LogP contribution in [0.15, 0.2) is 24.3 Å². The molecule has 2 aliphatic heterocycles. The number of phenols is 1. The van der Waals surface area contributed by atoms with Crippen molar-refractivity contribution in [2.24, 2.45) is 0 Å². The molecule has 2 saturated heterocycles. The third-order valence-corrected chi connectivity index (χ3v) is 3.89. The second-order valence-corrected chi connectivity index (χ2v) is 5.05. The zero-order chi connectivity index (χ0) is 13.3. The van der Waals surface area contributed by atoms with E-state index < -0.39 is 0 Å². The van der Waals surface area contributed by atoms with Gasteiger partial charge in [-0.3, -0.25) is 4.90 Å². The number of carbonyl (C=O) groups is 1. The second kappa shape index (κ2) is 4.74. The fourth-order valence-corrected chi connectivity index (χ4v) is 2.70. The van der Waals surface area contributed by atoms with Gasteiger partial charge in [-0.2, -0.15) is 0 Å². The summed E-state index contributed by atoms with van der Waals surface area (Å²) in [6.07, 6.45) is 1.91. The molecule has 5 nitrogen and oxygen atoms in total. The molecule has 1 amide bonds. The van der Waals surface area contributed by atoms with Gasteiger partial charge in [0, 0.05) is 25.8 Å². The monoisotopic (exact) mass is 263 g/mol. The first-order valence-electron chi connectivity index (χ1n) is 6.56. The van der Waals surface area contributed by atoms with E-state index in [1.165, 1.54) is 4.90 Å². The van der Waals surface area contributed by atoms with E-state index in [0.29, 0.717) is 25.4 Å². The number of rotatable bonds is 1. The SMILES string of the molecule is O=C1OC2(CCOCC2)CCN1c1ccccc1O. The maximum Gasteiger partial charge on any atom is 0.414 e. The van der Waals surface area contributed by atoms with Crippen LogP contribution in [0.3, 0.4) is 0 Å². The van der Waals surface area contributed by atoms with Gasteiger partial charge in [0.25, 0.3) is 0 Å². The zero-order valence-corrected chi connectivity index (χ0v) is 10.7. The summed E-state index contributed by atoms with van der Waals surface area (Å²) in [4.78, 5) is 13.7. The van der Waals surface area contributed by atoms with E-state index >= 15 is 0 Å². The van der Waals surface area contributed by atoms with Crippen molar-refractivity contribution >= 4 is 11.8 Å². The van der Waals surface area contributed by atoms with E-state index in [-0.39, 0.29) is 17.4 Å². The lowest BCUT2D eigenvalue weighted by atomic mass is 9.89. The lowest BCUT2D eigenvalue weighted by molar-refractivity contribution is -0.0806. The van der Waals surface area contributed by atoms with E-state index in [1.54, 1.807) is 24.3 Å². The molecule has 0 unspecified atom stereocenters. The fourth-order valence-electron chi connectivity index (χ4n) is 2.70. The minimum Gasteiger partial charge on any atom is -0.506 e. The van der Waals surface area contributed by atoms with Crippen molar-refractivity contribution < 1.29 is 19.4 Å². The predicted octanol–water partition coefficient (Wildman–Crippen LogP) is 2.29. The van der Waals surface area contributed by atoms with E-state index in [0.717, 1.165) is 19.3 Å². The van der Waals surface area contributed by atoms with E-state index in [4.69, 9.17) is 9.47 Å². The first kappa shape index (κ1) is 12.3. The Kier molecular flexibility index (Phi) is 3.06. The highest BCUT2D eigenvalue weighted by atomic mass is 16.6. The van der Waals surface area contributed by atoms with Gasteiger partial charge in [-0.1, -0.05) is 12.1 Å². The molecule has 1 N–H and O–H groups in total. The highest BCUT2D eigenvalue weighted by Crippen LogP contribution is 2.37. The Morgan fingerprint density at radius 1 is 1.16 bits per heavy atom. The lowest BCUT2D eigenvalue weighted by Crippen LogP contribution is -2.52. The molecule has 0 atom stereocenters. The Morgan fingerprint density at radius 3 is 2.58 bits per heavy atom. The van der Waals surface area contributed by atoms with Crippen LogP contribution in [0, 0.1) is 0 Å². The molecule has 0 bridgehead atoms. The summed E-state index contributed by atoms with van der Waals surface area (Å²) >= 11 is 0. The molecule has 0 saturated carbocycles. The molecular weight excluding hydrogens is 246 g/mol. The molecule has 1 aromatic rings. The zero-order valence-electron chi connectivity index (χ0n) is 10.7. The van der Waals surface area contributed by atoms with Crippen LogP contribution in [0.4, 0.5) is 10.5 Å². The summed E-state index contributed by atoms with van der Waals surface area (Å²) in [5.41, 5.74) is 0.144. The molecule has 102 valence electrons. The number of aromatic hydroxyl groups is 1. The average Bonchev–Trinajstić information content (AvgIpc) is 2.41. The van der Waals surface area contributed by atoms with Crippen LogP contribution < -0.4 is 4.90 Å². The van der Waals surface area contributed by atoms with E-state index in [1.807, 2.05) is 0 Å². The molecule has 3 rings (SSSR count). The molecule has 0 aliphatic carbocycles. The number of benzene rings is 1. The first-order chi connectivity index (χ1) is 9.20. The van der Waals surface area contributed by atoms with Gasteiger partial charge in [-0.05, 0) is 12.1 Å². The second-order valence-electron chi connectivity index (χ2n) is 5.05. The molecular formula is C14H17NO4. The molecule has 2 aliphatic rings. The molecule has 2 heterocycles. The Balaban J connectivity index is 1.78. The van der Waals surface area contributed by atoms with Crippen molar-refractivity contribution in [1.29, 1.82) is 0 Å². The minimum absolute atomic E-state index is 0.0994. The number of ether oxygens (including phenoxy) is 2. The quantitative estimate of drug-likeness (QED) is 0.844. The number of anilines is 1. The van der Waals surface area contributed by atoms with Crippen LogP contribution in [0.1, 0.15) is 19.3 Å². The summed E-state index contributed by atoms with van der Waals surface area (Å²) in [6.45, 7) is 1.85. The summed E-state index contributed by atoms with van der Waals surface area (Å²) in [6, 6.07) is 6.81. The highest BCUT2D eigenvalue weighted by Gasteiger charge is 2.42. The van der Waals surface area contributed by atoms with E-state index in [2.05, 4.69) is 0 Å². The van der Waals surface area contributed by atoms with Crippen LogP contribution in [-0.4, -0.2) is 36.6 Å². The Bertz CT molecular complexity index is 482. The van der Waals surface area contributed by atoms with Crippen molar-refractivity contribution in [3.05, 3.63) is 24.3 Å². The average molecular weight is 263 g/mol. The van der Waals surface area contributed by atoms with Crippen LogP contribution in [-0.2, 0) is 9.47 Å². The minimum atomic E-state index is -0.380. The van der Waals surface area contributed by atoms with Gasteiger partial charge < -0.3 is 14.6 Å². The van der Waals surface area contributed by atoms with Crippen molar-refractivity contribution in [1.82, 2.24) is 0 Å². The number of nitrogens with zero attached hydrogens (tertiary/aromatic N) is 1. The Hall–Kier alpha value is -1.75. The molecule has 1 spiro atoms. The molecule has 0 radical (unpaired) electrons.